The number of imidazole rings is 1. The Bertz CT molecular complexity index is 2130. The molecule has 0 fully saturated rings. The third kappa shape index (κ3) is 4.01. The molecule has 3 aromatic carbocycles. The summed E-state index contributed by atoms with van der Waals surface area (Å²) in [6, 6.07) is 40.5. The molecule has 8 rings (SSSR count). The topological polar surface area (TPSA) is 68.9 Å². The van der Waals surface area contributed by atoms with E-state index in [-0.39, 0.29) is 0 Å². The van der Waals surface area contributed by atoms with Gasteiger partial charge >= 0.3 is 0 Å². The van der Waals surface area contributed by atoms with Crippen molar-refractivity contribution < 1.29 is 0 Å². The van der Waals surface area contributed by atoms with E-state index in [1.54, 1.807) is 6.20 Å². The largest absolute Gasteiger partial charge is 0.298 e. The number of fused-ring (bicyclic) bond motifs is 5. The Kier molecular flexibility index (Phi) is 5.35. The van der Waals surface area contributed by atoms with Gasteiger partial charge in [-0.3, -0.25) is 9.38 Å². The van der Waals surface area contributed by atoms with Crippen molar-refractivity contribution in [3.63, 3.8) is 0 Å². The zero-order chi connectivity index (χ0) is 27.2. The monoisotopic (exact) mass is 526 g/mol. The molecule has 0 saturated carbocycles. The highest BCUT2D eigenvalue weighted by atomic mass is 15.0. The molecule has 0 unspecified atom stereocenters. The molecule has 0 atom stereocenters. The van der Waals surface area contributed by atoms with Crippen molar-refractivity contribution in [3.05, 3.63) is 134 Å². The number of hydrogen-bond donors (Lipinski definition) is 0. The number of benzene rings is 3. The number of para-hydroxylation sites is 1. The fourth-order valence-electron chi connectivity index (χ4n) is 5.31. The van der Waals surface area contributed by atoms with Gasteiger partial charge in [0, 0.05) is 34.5 Å². The smallest absolute Gasteiger partial charge is 0.160 e. The van der Waals surface area contributed by atoms with Crippen LogP contribution < -0.4 is 0 Å². The van der Waals surface area contributed by atoms with E-state index in [4.69, 9.17) is 19.9 Å². The molecule has 0 N–H and O–H groups in total. The highest BCUT2D eigenvalue weighted by Crippen LogP contribution is 2.34. The number of hydrogen-bond acceptors (Lipinski definition) is 5. The Labute approximate surface area is 235 Å². The van der Waals surface area contributed by atoms with Crippen molar-refractivity contribution in [2.75, 3.05) is 0 Å². The fraction of sp³-hybridized carbons (Fsp3) is 0. The highest BCUT2D eigenvalue weighted by molar-refractivity contribution is 6.09. The Hall–Kier alpha value is -5.75. The summed E-state index contributed by atoms with van der Waals surface area (Å²) in [4.78, 5) is 24.4. The van der Waals surface area contributed by atoms with Gasteiger partial charge in [0.15, 0.2) is 5.82 Å². The first kappa shape index (κ1) is 23.2. The van der Waals surface area contributed by atoms with E-state index >= 15 is 0 Å². The molecule has 5 aromatic heterocycles. The summed E-state index contributed by atoms with van der Waals surface area (Å²) in [5.41, 5.74) is 10.0. The molecular formula is C35H22N6. The van der Waals surface area contributed by atoms with E-state index in [0.717, 1.165) is 67.0 Å². The molecule has 5 heterocycles. The van der Waals surface area contributed by atoms with Crippen LogP contribution in [0.3, 0.4) is 0 Å². The fourth-order valence-corrected chi connectivity index (χ4v) is 5.31. The van der Waals surface area contributed by atoms with Crippen LogP contribution in [0.4, 0.5) is 0 Å². The van der Waals surface area contributed by atoms with Crippen LogP contribution >= 0.6 is 0 Å². The van der Waals surface area contributed by atoms with Crippen LogP contribution in [0.5, 0.6) is 0 Å². The molecule has 0 spiro atoms. The lowest BCUT2D eigenvalue weighted by molar-refractivity contribution is 1.16. The minimum Gasteiger partial charge on any atom is -0.298 e. The third-order valence-electron chi connectivity index (χ3n) is 7.29. The Morgan fingerprint density at radius 1 is 0.512 bits per heavy atom. The lowest BCUT2D eigenvalue weighted by atomic mass is 10.0. The lowest BCUT2D eigenvalue weighted by Crippen LogP contribution is -1.97. The van der Waals surface area contributed by atoms with Crippen molar-refractivity contribution >= 4 is 27.6 Å². The predicted molar refractivity (Wildman–Crippen MR) is 163 cm³/mol. The molecule has 0 bridgehead atoms. The molecule has 6 heteroatoms. The Morgan fingerprint density at radius 2 is 1.27 bits per heavy atom. The van der Waals surface area contributed by atoms with Crippen molar-refractivity contribution in [3.8, 4) is 45.3 Å². The zero-order valence-corrected chi connectivity index (χ0v) is 21.9. The maximum absolute atomic E-state index is 5.11. The molecule has 6 nitrogen and oxygen atoms in total. The summed E-state index contributed by atoms with van der Waals surface area (Å²) in [5.74, 6) is 0.663. The van der Waals surface area contributed by atoms with Gasteiger partial charge in [0.25, 0.3) is 0 Å². The summed E-state index contributed by atoms with van der Waals surface area (Å²) >= 11 is 0. The molecule has 8 aromatic rings. The van der Waals surface area contributed by atoms with Gasteiger partial charge in [0.2, 0.25) is 0 Å². The summed E-state index contributed by atoms with van der Waals surface area (Å²) in [6.07, 6.45) is 3.83. The summed E-state index contributed by atoms with van der Waals surface area (Å²) < 4.78 is 2.12. The third-order valence-corrected chi connectivity index (χ3v) is 7.29. The molecule has 0 aliphatic carbocycles. The minimum absolute atomic E-state index is 0.663. The van der Waals surface area contributed by atoms with Gasteiger partial charge in [-0.1, -0.05) is 84.9 Å². The first-order chi connectivity index (χ1) is 20.3. The molecule has 0 aliphatic heterocycles. The first-order valence-electron chi connectivity index (χ1n) is 13.4. The van der Waals surface area contributed by atoms with Crippen LogP contribution in [0, 0.1) is 0 Å². The molecule has 0 amide bonds. The standard InChI is InChI=1S/C35H22N6/c1-2-10-25(11-3-1)35-38-29(22-30(39-35)28-14-6-8-20-36-28)23-16-18-24(19-17-23)32-34-33(26-12-4-5-13-27(26)37-32)40-31-15-7-9-21-41(31)34/h1-22H. The van der Waals surface area contributed by atoms with Gasteiger partial charge in [0.05, 0.1) is 33.8 Å². The van der Waals surface area contributed by atoms with Crippen LogP contribution in [-0.4, -0.2) is 29.3 Å². The second-order valence-corrected chi connectivity index (χ2v) is 9.84. The quantitative estimate of drug-likeness (QED) is 0.233. The van der Waals surface area contributed by atoms with E-state index in [1.807, 2.05) is 97.2 Å². The van der Waals surface area contributed by atoms with Crippen molar-refractivity contribution in [2.24, 2.45) is 0 Å². The molecule has 192 valence electrons. The van der Waals surface area contributed by atoms with Crippen molar-refractivity contribution in [2.45, 2.75) is 0 Å². The van der Waals surface area contributed by atoms with Gasteiger partial charge in [-0.2, -0.15) is 0 Å². The van der Waals surface area contributed by atoms with Crippen LogP contribution in [0.2, 0.25) is 0 Å². The van der Waals surface area contributed by atoms with E-state index in [2.05, 4.69) is 39.7 Å². The van der Waals surface area contributed by atoms with Gasteiger partial charge in [-0.15, -0.1) is 0 Å². The summed E-state index contributed by atoms with van der Waals surface area (Å²) in [5, 5.41) is 1.04. The van der Waals surface area contributed by atoms with Gasteiger partial charge < -0.3 is 0 Å². The van der Waals surface area contributed by atoms with Gasteiger partial charge in [0.1, 0.15) is 11.2 Å². The first-order valence-corrected chi connectivity index (χ1v) is 13.4. The average Bonchev–Trinajstić information content (AvgIpc) is 3.45. The van der Waals surface area contributed by atoms with Crippen LogP contribution in [0.15, 0.2) is 134 Å². The Morgan fingerprint density at radius 3 is 2.12 bits per heavy atom. The molecule has 0 saturated heterocycles. The average molecular weight is 527 g/mol. The predicted octanol–water partition coefficient (Wildman–Crippen LogP) is 7.89. The summed E-state index contributed by atoms with van der Waals surface area (Å²) in [7, 11) is 0. The Balaban J connectivity index is 1.29. The minimum atomic E-state index is 0.663. The van der Waals surface area contributed by atoms with E-state index in [0.29, 0.717) is 5.82 Å². The maximum Gasteiger partial charge on any atom is 0.160 e. The number of rotatable bonds is 4. The zero-order valence-electron chi connectivity index (χ0n) is 21.9. The van der Waals surface area contributed by atoms with Crippen molar-refractivity contribution in [1.29, 1.82) is 0 Å². The lowest BCUT2D eigenvalue weighted by Gasteiger charge is -2.10. The van der Waals surface area contributed by atoms with Crippen LogP contribution in [0.25, 0.3) is 72.9 Å². The second kappa shape index (κ2) is 9.47. The molecule has 0 radical (unpaired) electrons. The number of aromatic nitrogens is 6. The van der Waals surface area contributed by atoms with Crippen LogP contribution in [0.1, 0.15) is 0 Å². The van der Waals surface area contributed by atoms with E-state index in [1.165, 1.54) is 0 Å². The van der Waals surface area contributed by atoms with Gasteiger partial charge in [-0.05, 0) is 36.4 Å². The number of pyridine rings is 3. The van der Waals surface area contributed by atoms with Crippen LogP contribution in [-0.2, 0) is 0 Å². The maximum atomic E-state index is 5.11. The normalized spacial score (nSPS) is 11.4. The number of nitrogens with zero attached hydrogens (tertiary/aromatic N) is 6. The second-order valence-electron chi connectivity index (χ2n) is 9.84. The van der Waals surface area contributed by atoms with E-state index < -0.39 is 0 Å². The summed E-state index contributed by atoms with van der Waals surface area (Å²) in [6.45, 7) is 0. The van der Waals surface area contributed by atoms with Crippen molar-refractivity contribution in [1.82, 2.24) is 29.3 Å². The SMILES string of the molecule is c1ccc(-c2nc(-c3ccc(-c4nc5ccccc5c5nc6ccccn6c45)cc3)cc(-c3ccccn3)n2)cc1. The molecule has 41 heavy (non-hydrogen) atoms. The molecule has 0 aliphatic rings. The molecular weight excluding hydrogens is 504 g/mol. The van der Waals surface area contributed by atoms with Gasteiger partial charge in [-0.25, -0.2) is 19.9 Å². The highest BCUT2D eigenvalue weighted by Gasteiger charge is 2.17. The van der Waals surface area contributed by atoms with E-state index in [9.17, 15) is 0 Å².